The Morgan fingerprint density at radius 1 is 0.963 bits per heavy atom. The molecule has 2 aliphatic rings. The third-order valence-electron chi connectivity index (χ3n) is 5.84. The number of carboxylic acids is 1. The molecular weight excluding hydrogens is 340 g/mol. The summed E-state index contributed by atoms with van der Waals surface area (Å²) in [7, 11) is 0. The SMILES string of the molecule is O=C(O)C1CCC(c2ccc(NC(=O)N3CCc4ccccc43)cc2)CC1. The lowest BCUT2D eigenvalue weighted by Gasteiger charge is -2.26. The Morgan fingerprint density at radius 2 is 1.67 bits per heavy atom. The number of carboxylic acid groups (broad SMARTS) is 1. The first-order valence-electron chi connectivity index (χ1n) is 9.61. The van der Waals surface area contributed by atoms with Crippen molar-refractivity contribution in [2.75, 3.05) is 16.8 Å². The molecule has 2 N–H and O–H groups in total. The highest BCUT2D eigenvalue weighted by Gasteiger charge is 2.27. The van der Waals surface area contributed by atoms with Crippen LogP contribution in [0.3, 0.4) is 0 Å². The zero-order valence-electron chi connectivity index (χ0n) is 15.2. The molecule has 2 aromatic rings. The standard InChI is InChI=1S/C22H24N2O3/c25-21(26)18-7-5-15(6-8-18)16-9-11-19(12-10-16)23-22(27)24-14-13-17-3-1-2-4-20(17)24/h1-4,9-12,15,18H,5-8,13-14H2,(H,23,27)(H,25,26). The van der Waals surface area contributed by atoms with Crippen LogP contribution in [0.5, 0.6) is 0 Å². The predicted octanol–water partition coefficient (Wildman–Crippen LogP) is 4.64. The fraction of sp³-hybridized carbons (Fsp3) is 0.364. The van der Waals surface area contributed by atoms with Gasteiger partial charge in [0, 0.05) is 17.9 Å². The second-order valence-electron chi connectivity index (χ2n) is 7.47. The minimum absolute atomic E-state index is 0.102. The molecule has 4 rings (SSSR count). The molecule has 0 bridgehead atoms. The summed E-state index contributed by atoms with van der Waals surface area (Å²) in [5.74, 6) is -0.450. The van der Waals surface area contributed by atoms with Crippen LogP contribution in [-0.2, 0) is 11.2 Å². The largest absolute Gasteiger partial charge is 0.481 e. The van der Waals surface area contributed by atoms with E-state index in [1.165, 1.54) is 11.1 Å². The summed E-state index contributed by atoms with van der Waals surface area (Å²) >= 11 is 0. The minimum Gasteiger partial charge on any atom is -0.481 e. The Kier molecular flexibility index (Phi) is 4.84. The lowest BCUT2D eigenvalue weighted by atomic mass is 9.79. The van der Waals surface area contributed by atoms with E-state index in [0.717, 1.165) is 43.5 Å². The zero-order chi connectivity index (χ0) is 18.8. The maximum absolute atomic E-state index is 12.6. The Labute approximate surface area is 159 Å². The van der Waals surface area contributed by atoms with Crippen LogP contribution in [0, 0.1) is 5.92 Å². The number of carbonyl (C=O) groups excluding carboxylic acids is 1. The Balaban J connectivity index is 1.37. The van der Waals surface area contributed by atoms with Crippen LogP contribution in [0.1, 0.15) is 42.7 Å². The van der Waals surface area contributed by atoms with Gasteiger partial charge in [0.15, 0.2) is 0 Å². The van der Waals surface area contributed by atoms with Gasteiger partial charge < -0.3 is 10.4 Å². The maximum Gasteiger partial charge on any atom is 0.326 e. The van der Waals surface area contributed by atoms with Crippen LogP contribution in [0.4, 0.5) is 16.2 Å². The van der Waals surface area contributed by atoms with Gasteiger partial charge in [-0.3, -0.25) is 9.69 Å². The number of amides is 2. The van der Waals surface area contributed by atoms with E-state index in [1.807, 2.05) is 30.3 Å². The van der Waals surface area contributed by atoms with E-state index in [1.54, 1.807) is 4.90 Å². The topological polar surface area (TPSA) is 69.6 Å². The van der Waals surface area contributed by atoms with Crippen LogP contribution in [0.15, 0.2) is 48.5 Å². The second kappa shape index (κ2) is 7.43. The molecule has 0 unspecified atom stereocenters. The van der Waals surface area contributed by atoms with E-state index in [2.05, 4.69) is 23.5 Å². The fourth-order valence-electron chi connectivity index (χ4n) is 4.25. The van der Waals surface area contributed by atoms with E-state index < -0.39 is 5.97 Å². The molecule has 0 spiro atoms. The molecule has 5 heteroatoms. The highest BCUT2D eigenvalue weighted by molar-refractivity contribution is 6.03. The van der Waals surface area contributed by atoms with E-state index in [9.17, 15) is 9.59 Å². The van der Waals surface area contributed by atoms with Crippen molar-refractivity contribution in [1.82, 2.24) is 0 Å². The molecule has 2 amide bonds. The number of hydrogen-bond donors (Lipinski definition) is 2. The summed E-state index contributed by atoms with van der Waals surface area (Å²) in [6, 6.07) is 15.9. The number of nitrogens with one attached hydrogen (secondary N) is 1. The summed E-state index contributed by atoms with van der Waals surface area (Å²) in [6.45, 7) is 0.704. The molecule has 0 radical (unpaired) electrons. The van der Waals surface area contributed by atoms with E-state index in [-0.39, 0.29) is 11.9 Å². The molecule has 0 saturated heterocycles. The average molecular weight is 364 g/mol. The zero-order valence-corrected chi connectivity index (χ0v) is 15.2. The van der Waals surface area contributed by atoms with Crippen LogP contribution < -0.4 is 10.2 Å². The Hall–Kier alpha value is -2.82. The van der Waals surface area contributed by atoms with Gasteiger partial charge in [0.25, 0.3) is 0 Å². The molecule has 1 aliphatic heterocycles. The molecule has 1 fully saturated rings. The van der Waals surface area contributed by atoms with Crippen molar-refractivity contribution in [1.29, 1.82) is 0 Å². The van der Waals surface area contributed by atoms with Gasteiger partial charge in [-0.25, -0.2) is 4.79 Å². The van der Waals surface area contributed by atoms with Gasteiger partial charge in [0.05, 0.1) is 5.92 Å². The van der Waals surface area contributed by atoms with Crippen molar-refractivity contribution < 1.29 is 14.7 Å². The van der Waals surface area contributed by atoms with Crippen molar-refractivity contribution in [3.63, 3.8) is 0 Å². The molecule has 1 aliphatic carbocycles. The van der Waals surface area contributed by atoms with Crippen molar-refractivity contribution in [2.45, 2.75) is 38.0 Å². The fourth-order valence-corrected chi connectivity index (χ4v) is 4.25. The highest BCUT2D eigenvalue weighted by atomic mass is 16.4. The first kappa shape index (κ1) is 17.6. The minimum atomic E-state index is -0.671. The number of urea groups is 1. The van der Waals surface area contributed by atoms with Gasteiger partial charge in [0.1, 0.15) is 0 Å². The lowest BCUT2D eigenvalue weighted by Crippen LogP contribution is -2.33. The first-order valence-corrected chi connectivity index (χ1v) is 9.61. The van der Waals surface area contributed by atoms with Crippen LogP contribution in [-0.4, -0.2) is 23.7 Å². The molecule has 27 heavy (non-hydrogen) atoms. The molecule has 1 saturated carbocycles. The van der Waals surface area contributed by atoms with Gasteiger partial charge >= 0.3 is 12.0 Å². The molecular formula is C22H24N2O3. The normalized spacial score (nSPS) is 21.6. The lowest BCUT2D eigenvalue weighted by molar-refractivity contribution is -0.142. The molecule has 5 nitrogen and oxygen atoms in total. The molecule has 2 aromatic carbocycles. The number of anilines is 2. The van der Waals surface area contributed by atoms with Gasteiger partial charge in [-0.05, 0) is 67.3 Å². The van der Waals surface area contributed by atoms with Crippen LogP contribution in [0.25, 0.3) is 0 Å². The average Bonchev–Trinajstić information content (AvgIpc) is 3.13. The first-order chi connectivity index (χ1) is 13.1. The monoisotopic (exact) mass is 364 g/mol. The van der Waals surface area contributed by atoms with Crippen molar-refractivity contribution in [2.24, 2.45) is 5.92 Å². The smallest absolute Gasteiger partial charge is 0.326 e. The number of rotatable bonds is 3. The number of fused-ring (bicyclic) bond motifs is 1. The van der Waals surface area contributed by atoms with E-state index >= 15 is 0 Å². The summed E-state index contributed by atoms with van der Waals surface area (Å²) in [6.07, 6.45) is 4.20. The number of carbonyl (C=O) groups is 2. The summed E-state index contributed by atoms with van der Waals surface area (Å²) in [5, 5.41) is 12.1. The summed E-state index contributed by atoms with van der Waals surface area (Å²) in [4.78, 5) is 25.5. The number of para-hydroxylation sites is 1. The summed E-state index contributed by atoms with van der Waals surface area (Å²) in [5.41, 5.74) is 4.21. The number of hydrogen-bond acceptors (Lipinski definition) is 2. The van der Waals surface area contributed by atoms with Crippen LogP contribution in [0.2, 0.25) is 0 Å². The van der Waals surface area contributed by atoms with Gasteiger partial charge in [-0.2, -0.15) is 0 Å². The number of aliphatic carboxylic acids is 1. The summed E-state index contributed by atoms with van der Waals surface area (Å²) < 4.78 is 0. The molecule has 0 aromatic heterocycles. The van der Waals surface area contributed by atoms with Gasteiger partial charge in [-0.1, -0.05) is 30.3 Å². The molecule has 0 atom stereocenters. The highest BCUT2D eigenvalue weighted by Crippen LogP contribution is 2.36. The van der Waals surface area contributed by atoms with Crippen LogP contribution >= 0.6 is 0 Å². The molecule has 1 heterocycles. The third-order valence-corrected chi connectivity index (χ3v) is 5.84. The van der Waals surface area contributed by atoms with E-state index in [4.69, 9.17) is 5.11 Å². The third kappa shape index (κ3) is 3.68. The Bertz CT molecular complexity index is 839. The van der Waals surface area contributed by atoms with Crippen molar-refractivity contribution in [3.8, 4) is 0 Å². The van der Waals surface area contributed by atoms with Gasteiger partial charge in [-0.15, -0.1) is 0 Å². The quantitative estimate of drug-likeness (QED) is 0.833. The van der Waals surface area contributed by atoms with Crippen molar-refractivity contribution in [3.05, 3.63) is 59.7 Å². The van der Waals surface area contributed by atoms with Gasteiger partial charge in [0.2, 0.25) is 0 Å². The number of nitrogens with zero attached hydrogens (tertiary/aromatic N) is 1. The number of benzene rings is 2. The molecule has 140 valence electrons. The predicted molar refractivity (Wildman–Crippen MR) is 105 cm³/mol. The maximum atomic E-state index is 12.6. The second-order valence-corrected chi connectivity index (χ2v) is 7.47. The Morgan fingerprint density at radius 3 is 2.37 bits per heavy atom. The van der Waals surface area contributed by atoms with Crippen molar-refractivity contribution >= 4 is 23.4 Å². The van der Waals surface area contributed by atoms with E-state index in [0.29, 0.717) is 12.5 Å².